The molecule has 0 saturated heterocycles. The summed E-state index contributed by atoms with van der Waals surface area (Å²) >= 11 is 0.0833. The Morgan fingerprint density at radius 3 is 2.84 bits per heavy atom. The van der Waals surface area contributed by atoms with Gasteiger partial charge in [-0.05, 0) is 18.2 Å². The highest BCUT2D eigenvalue weighted by Gasteiger charge is 2.13. The molecular weight excluding hydrogens is 269 g/mol. The highest BCUT2D eigenvalue weighted by atomic mass is 32.2. The Bertz CT molecular complexity index is 586. The van der Waals surface area contributed by atoms with Crippen molar-refractivity contribution in [2.75, 3.05) is 5.32 Å². The van der Waals surface area contributed by atoms with E-state index in [4.69, 9.17) is 4.42 Å². The zero-order chi connectivity index (χ0) is 13.8. The van der Waals surface area contributed by atoms with E-state index in [0.717, 1.165) is 0 Å². The minimum Gasteiger partial charge on any atom is -0.408 e. The highest BCUT2D eigenvalue weighted by Crippen LogP contribution is 2.20. The molecule has 1 N–H and O–H groups in total. The van der Waals surface area contributed by atoms with Gasteiger partial charge in [0.05, 0.1) is 12.1 Å². The summed E-state index contributed by atoms with van der Waals surface area (Å²) in [6.45, 7) is 3.81. The maximum atomic E-state index is 12.4. The number of aromatic nitrogens is 2. The van der Waals surface area contributed by atoms with Crippen LogP contribution >= 0.6 is 12.1 Å². The molecule has 0 aliphatic rings. The van der Waals surface area contributed by atoms with Crippen LogP contribution in [-0.2, 0) is 0 Å². The maximum Gasteiger partial charge on any atom is 0.322 e. The van der Waals surface area contributed by atoms with E-state index in [0.29, 0.717) is 16.3 Å². The van der Waals surface area contributed by atoms with Gasteiger partial charge < -0.3 is 4.42 Å². The van der Waals surface area contributed by atoms with Gasteiger partial charge in [0.1, 0.15) is 0 Å². The van der Waals surface area contributed by atoms with E-state index in [-0.39, 0.29) is 24.1 Å². The minimum atomic E-state index is -0.421. The summed E-state index contributed by atoms with van der Waals surface area (Å²) in [5.41, 5.74) is 0.326. The van der Waals surface area contributed by atoms with E-state index in [2.05, 4.69) is 15.5 Å². The molecule has 1 amide bonds. The van der Waals surface area contributed by atoms with Crippen LogP contribution in [0.3, 0.4) is 0 Å². The van der Waals surface area contributed by atoms with Gasteiger partial charge in [-0.2, -0.15) is 3.89 Å². The maximum absolute atomic E-state index is 12.4. The molecule has 0 radical (unpaired) electrons. The van der Waals surface area contributed by atoms with Crippen molar-refractivity contribution in [3.63, 3.8) is 0 Å². The van der Waals surface area contributed by atoms with Crippen LogP contribution in [0.25, 0.3) is 0 Å². The number of hydrogen-bond donors (Lipinski definition) is 1. The number of benzene rings is 1. The second kappa shape index (κ2) is 5.83. The molecule has 2 rings (SSSR count). The quantitative estimate of drug-likeness (QED) is 0.930. The lowest BCUT2D eigenvalue weighted by Crippen LogP contribution is -2.12. The molecule has 0 spiro atoms. The third-order valence-corrected chi connectivity index (χ3v) is 2.77. The first-order valence-electron chi connectivity index (χ1n) is 5.63. The zero-order valence-corrected chi connectivity index (χ0v) is 11.2. The average molecular weight is 281 g/mol. The van der Waals surface area contributed by atoms with E-state index in [1.54, 1.807) is 18.2 Å². The molecule has 0 aliphatic carbocycles. The van der Waals surface area contributed by atoms with Crippen molar-refractivity contribution in [3.8, 4) is 0 Å². The first kappa shape index (κ1) is 13.5. The predicted molar refractivity (Wildman–Crippen MR) is 69.7 cm³/mol. The molecule has 0 atom stereocenters. The first-order chi connectivity index (χ1) is 9.10. The van der Waals surface area contributed by atoms with E-state index in [9.17, 15) is 8.68 Å². The molecule has 0 aliphatic heterocycles. The second-order valence-corrected chi connectivity index (χ2v) is 4.78. The Balaban J connectivity index is 2.11. The number of nitrogens with zero attached hydrogens (tertiary/aromatic N) is 2. The van der Waals surface area contributed by atoms with Crippen molar-refractivity contribution in [3.05, 3.63) is 35.7 Å². The summed E-state index contributed by atoms with van der Waals surface area (Å²) in [6, 6.07) is 6.23. The molecule has 0 unspecified atom stereocenters. The number of rotatable bonds is 4. The molecule has 0 saturated carbocycles. The molecule has 0 fully saturated rings. The van der Waals surface area contributed by atoms with Gasteiger partial charge in [0.15, 0.2) is 0 Å². The third-order valence-electron chi connectivity index (χ3n) is 2.34. The normalized spacial score (nSPS) is 10.7. The fourth-order valence-electron chi connectivity index (χ4n) is 1.37. The Kier molecular flexibility index (Phi) is 4.16. The molecule has 7 heteroatoms. The Hall–Kier alpha value is -1.89. The largest absolute Gasteiger partial charge is 0.408 e. The predicted octanol–water partition coefficient (Wildman–Crippen LogP) is 3.42. The van der Waals surface area contributed by atoms with Crippen LogP contribution in [0.2, 0.25) is 0 Å². The van der Waals surface area contributed by atoms with Crippen molar-refractivity contribution in [1.29, 1.82) is 0 Å². The molecule has 5 nitrogen and oxygen atoms in total. The van der Waals surface area contributed by atoms with E-state index >= 15 is 0 Å². The second-order valence-electron chi connectivity index (χ2n) is 4.16. The van der Waals surface area contributed by atoms with Gasteiger partial charge in [-0.3, -0.25) is 10.1 Å². The first-order valence-corrected chi connectivity index (χ1v) is 6.35. The van der Waals surface area contributed by atoms with Crippen LogP contribution in [0.15, 0.2) is 33.6 Å². The van der Waals surface area contributed by atoms with Gasteiger partial charge in [0.25, 0.3) is 5.91 Å². The van der Waals surface area contributed by atoms with Crippen LogP contribution < -0.4 is 5.32 Å². The van der Waals surface area contributed by atoms with Gasteiger partial charge in [-0.25, -0.2) is 0 Å². The van der Waals surface area contributed by atoms with Gasteiger partial charge in [0, 0.05) is 16.4 Å². The van der Waals surface area contributed by atoms with Crippen molar-refractivity contribution in [2.45, 2.75) is 24.7 Å². The molecule has 19 heavy (non-hydrogen) atoms. The lowest BCUT2D eigenvalue weighted by molar-refractivity contribution is 0.102. The number of nitrogens with one attached hydrogen (secondary N) is 1. The molecular formula is C12H12FN3O2S. The van der Waals surface area contributed by atoms with Crippen molar-refractivity contribution in [2.24, 2.45) is 0 Å². The number of halogens is 1. The smallest absolute Gasteiger partial charge is 0.322 e. The summed E-state index contributed by atoms with van der Waals surface area (Å²) in [5.74, 6) is 0.114. The lowest BCUT2D eigenvalue weighted by Gasteiger charge is -2.01. The van der Waals surface area contributed by atoms with Crippen molar-refractivity contribution >= 4 is 24.1 Å². The van der Waals surface area contributed by atoms with Crippen molar-refractivity contribution < 1.29 is 13.1 Å². The van der Waals surface area contributed by atoms with Crippen LogP contribution in [0, 0.1) is 0 Å². The Morgan fingerprint density at radius 1 is 1.42 bits per heavy atom. The molecule has 2 aromatic rings. The molecule has 1 aromatic heterocycles. The lowest BCUT2D eigenvalue weighted by atomic mass is 10.2. The Labute approximate surface area is 113 Å². The third kappa shape index (κ3) is 3.31. The van der Waals surface area contributed by atoms with Crippen molar-refractivity contribution in [1.82, 2.24) is 10.2 Å². The number of amides is 1. The van der Waals surface area contributed by atoms with E-state index in [1.807, 2.05) is 13.8 Å². The summed E-state index contributed by atoms with van der Waals surface area (Å²) in [4.78, 5) is 12.3. The van der Waals surface area contributed by atoms with Gasteiger partial charge in [0.2, 0.25) is 5.89 Å². The molecule has 100 valence electrons. The SMILES string of the molecule is CC(C)c1nnc(NC(=O)c2cccc(SF)c2)o1. The monoisotopic (exact) mass is 281 g/mol. The van der Waals surface area contributed by atoms with Crippen LogP contribution in [0.1, 0.15) is 36.0 Å². The summed E-state index contributed by atoms with van der Waals surface area (Å²) in [5, 5.41) is 9.99. The van der Waals surface area contributed by atoms with E-state index in [1.165, 1.54) is 6.07 Å². The summed E-state index contributed by atoms with van der Waals surface area (Å²) in [6.07, 6.45) is 0. The van der Waals surface area contributed by atoms with Gasteiger partial charge >= 0.3 is 6.01 Å². The van der Waals surface area contributed by atoms with Crippen LogP contribution in [0.4, 0.5) is 9.90 Å². The molecule has 0 bridgehead atoms. The van der Waals surface area contributed by atoms with E-state index < -0.39 is 5.91 Å². The Morgan fingerprint density at radius 2 is 2.21 bits per heavy atom. The number of anilines is 1. The number of carbonyl (C=O) groups is 1. The molecule has 1 heterocycles. The van der Waals surface area contributed by atoms with Gasteiger partial charge in [-0.15, -0.1) is 5.10 Å². The number of hydrogen-bond acceptors (Lipinski definition) is 5. The minimum absolute atomic E-state index is 0.0343. The average Bonchev–Trinajstić information content (AvgIpc) is 2.87. The topological polar surface area (TPSA) is 68.0 Å². The van der Waals surface area contributed by atoms with Gasteiger partial charge in [-0.1, -0.05) is 25.0 Å². The molecule has 1 aromatic carbocycles. The summed E-state index contributed by atoms with van der Waals surface area (Å²) in [7, 11) is 0. The fourth-order valence-corrected chi connectivity index (χ4v) is 1.67. The highest BCUT2D eigenvalue weighted by molar-refractivity contribution is 7.94. The number of carbonyl (C=O) groups excluding carboxylic acids is 1. The fraction of sp³-hybridized carbons (Fsp3) is 0.250. The van der Waals surface area contributed by atoms with Crippen LogP contribution in [0.5, 0.6) is 0 Å². The zero-order valence-electron chi connectivity index (χ0n) is 10.4. The van der Waals surface area contributed by atoms with Crippen LogP contribution in [-0.4, -0.2) is 16.1 Å². The standard InChI is InChI=1S/C12H12FN3O2S/c1-7(2)11-15-16-12(18-11)14-10(17)8-4-3-5-9(6-8)19-13/h3-7H,1-2H3,(H,14,16,17). The summed E-state index contributed by atoms with van der Waals surface area (Å²) < 4.78 is 17.7.